The van der Waals surface area contributed by atoms with Crippen LogP contribution in [0.2, 0.25) is 0 Å². The van der Waals surface area contributed by atoms with Crippen molar-refractivity contribution in [2.75, 3.05) is 39.2 Å². The third-order valence-electron chi connectivity index (χ3n) is 4.57. The van der Waals surface area contributed by atoms with Crippen LogP contribution >= 0.6 is 0 Å². The highest BCUT2D eigenvalue weighted by molar-refractivity contribution is 5.96. The number of ether oxygens (including phenoxy) is 1. The van der Waals surface area contributed by atoms with E-state index in [-0.39, 0.29) is 17.5 Å². The van der Waals surface area contributed by atoms with E-state index in [4.69, 9.17) is 4.74 Å². The lowest BCUT2D eigenvalue weighted by Gasteiger charge is -2.32. The number of carbonyl (C=O) groups is 1. The van der Waals surface area contributed by atoms with Gasteiger partial charge in [0.05, 0.1) is 30.6 Å². The minimum Gasteiger partial charge on any atom is -0.496 e. The summed E-state index contributed by atoms with van der Waals surface area (Å²) in [5.41, 5.74) is 1.16. The van der Waals surface area contributed by atoms with Crippen molar-refractivity contribution in [2.45, 2.75) is 18.9 Å². The summed E-state index contributed by atoms with van der Waals surface area (Å²) in [6.45, 7) is 1.28. The first kappa shape index (κ1) is 17.1. The molecule has 1 N–H and O–H groups in total. The Morgan fingerprint density at radius 2 is 2.08 bits per heavy atom. The molecule has 0 bridgehead atoms. The molecular weight excluding hydrogens is 322 g/mol. The van der Waals surface area contributed by atoms with Gasteiger partial charge in [-0.05, 0) is 12.8 Å². The number of pyridine rings is 1. The first-order chi connectivity index (χ1) is 12.0. The molecule has 2 aromatic heterocycles. The van der Waals surface area contributed by atoms with Crippen molar-refractivity contribution >= 4 is 11.6 Å². The number of hydrogen-bond acceptors (Lipinski definition) is 5. The number of aromatic amines is 1. The zero-order chi connectivity index (χ0) is 18.0. The van der Waals surface area contributed by atoms with Gasteiger partial charge in [0.15, 0.2) is 0 Å². The average Bonchev–Trinajstić information content (AvgIpc) is 3.11. The van der Waals surface area contributed by atoms with Gasteiger partial charge in [0, 0.05) is 45.6 Å². The monoisotopic (exact) mass is 345 g/mol. The number of amides is 1. The molecule has 3 heterocycles. The lowest BCUT2D eigenvalue weighted by molar-refractivity contribution is 0.0686. The van der Waals surface area contributed by atoms with Gasteiger partial charge in [-0.2, -0.15) is 5.10 Å². The number of hydrogen-bond donors (Lipinski definition) is 1. The second-order valence-corrected chi connectivity index (χ2v) is 6.38. The van der Waals surface area contributed by atoms with Crippen LogP contribution in [0.15, 0.2) is 29.5 Å². The quantitative estimate of drug-likeness (QED) is 0.898. The zero-order valence-corrected chi connectivity index (χ0v) is 14.7. The van der Waals surface area contributed by atoms with Crippen LogP contribution in [0.5, 0.6) is 5.75 Å². The van der Waals surface area contributed by atoms with E-state index in [0.717, 1.165) is 18.5 Å². The van der Waals surface area contributed by atoms with Gasteiger partial charge in [0.2, 0.25) is 0 Å². The number of aromatic nitrogens is 3. The topological polar surface area (TPSA) is 83.5 Å². The third-order valence-corrected chi connectivity index (χ3v) is 4.57. The maximum Gasteiger partial charge on any atom is 0.259 e. The van der Waals surface area contributed by atoms with E-state index in [0.29, 0.717) is 24.4 Å². The first-order valence-electron chi connectivity index (χ1n) is 8.27. The van der Waals surface area contributed by atoms with Crippen molar-refractivity contribution in [1.82, 2.24) is 19.7 Å². The second-order valence-electron chi connectivity index (χ2n) is 6.38. The standard InChI is InChI=1S/C17H23N5O3/c1-20(2)13-9-19-22(11-13)12-4-6-21(7-5-12)17(24)14-10-18-16(23)8-15(14)25-3/h8-12H,4-7H2,1-3H3,(H,18,23). The van der Waals surface area contributed by atoms with Gasteiger partial charge in [-0.25, -0.2) is 0 Å². The van der Waals surface area contributed by atoms with Crippen LogP contribution < -0.4 is 15.2 Å². The van der Waals surface area contributed by atoms with Crippen molar-refractivity contribution in [3.63, 3.8) is 0 Å². The van der Waals surface area contributed by atoms with Crippen molar-refractivity contribution < 1.29 is 9.53 Å². The Labute approximate surface area is 146 Å². The Morgan fingerprint density at radius 3 is 2.68 bits per heavy atom. The molecule has 134 valence electrons. The van der Waals surface area contributed by atoms with E-state index < -0.39 is 0 Å². The molecular formula is C17H23N5O3. The summed E-state index contributed by atoms with van der Waals surface area (Å²) in [6, 6.07) is 1.59. The minimum atomic E-state index is -0.289. The van der Waals surface area contributed by atoms with Crippen molar-refractivity contribution in [3.8, 4) is 5.75 Å². The maximum absolute atomic E-state index is 12.7. The molecule has 0 atom stereocenters. The number of nitrogens with one attached hydrogen (secondary N) is 1. The van der Waals surface area contributed by atoms with Gasteiger partial charge < -0.3 is 19.5 Å². The predicted molar refractivity (Wildman–Crippen MR) is 94.3 cm³/mol. The minimum absolute atomic E-state index is 0.124. The van der Waals surface area contributed by atoms with Gasteiger partial charge in [0.25, 0.3) is 11.5 Å². The Kier molecular flexibility index (Phi) is 4.78. The highest BCUT2D eigenvalue weighted by Crippen LogP contribution is 2.26. The number of H-pyrrole nitrogens is 1. The summed E-state index contributed by atoms with van der Waals surface area (Å²) in [7, 11) is 5.43. The van der Waals surface area contributed by atoms with Gasteiger partial charge in [-0.15, -0.1) is 0 Å². The first-order valence-corrected chi connectivity index (χ1v) is 8.27. The number of carbonyl (C=O) groups excluding carboxylic acids is 1. The van der Waals surface area contributed by atoms with Crippen LogP contribution in [0.4, 0.5) is 5.69 Å². The maximum atomic E-state index is 12.7. The smallest absolute Gasteiger partial charge is 0.259 e. The van der Waals surface area contributed by atoms with E-state index in [1.54, 1.807) is 4.90 Å². The Hall–Kier alpha value is -2.77. The van der Waals surface area contributed by atoms with Crippen LogP contribution in [0, 0.1) is 0 Å². The van der Waals surface area contributed by atoms with Gasteiger partial charge in [-0.1, -0.05) is 0 Å². The molecule has 1 aliphatic rings. The molecule has 8 heteroatoms. The normalized spacial score (nSPS) is 15.2. The van der Waals surface area contributed by atoms with Gasteiger partial charge >= 0.3 is 0 Å². The van der Waals surface area contributed by atoms with E-state index in [1.165, 1.54) is 19.4 Å². The van der Waals surface area contributed by atoms with Crippen LogP contribution in [-0.4, -0.2) is 59.9 Å². The summed E-state index contributed by atoms with van der Waals surface area (Å²) < 4.78 is 7.15. The van der Waals surface area contributed by atoms with Gasteiger partial charge in [0.1, 0.15) is 5.75 Å². The molecule has 8 nitrogen and oxygen atoms in total. The number of likely N-dealkylation sites (tertiary alicyclic amines) is 1. The molecule has 2 aromatic rings. The van der Waals surface area contributed by atoms with Crippen molar-refractivity contribution in [3.05, 3.63) is 40.6 Å². The molecule has 0 aliphatic carbocycles. The third kappa shape index (κ3) is 3.52. The number of anilines is 1. The fourth-order valence-electron chi connectivity index (χ4n) is 3.05. The molecule has 0 spiro atoms. The summed E-state index contributed by atoms with van der Waals surface area (Å²) in [5, 5.41) is 4.44. The summed E-state index contributed by atoms with van der Waals surface area (Å²) in [5.74, 6) is 0.180. The van der Waals surface area contributed by atoms with E-state index in [9.17, 15) is 9.59 Å². The summed E-state index contributed by atoms with van der Waals surface area (Å²) in [6.07, 6.45) is 6.99. The zero-order valence-electron chi connectivity index (χ0n) is 14.7. The highest BCUT2D eigenvalue weighted by atomic mass is 16.5. The number of methoxy groups -OCH3 is 1. The van der Waals surface area contributed by atoms with E-state index in [2.05, 4.69) is 10.1 Å². The lowest BCUT2D eigenvalue weighted by Crippen LogP contribution is -2.39. The number of nitrogens with zero attached hydrogens (tertiary/aromatic N) is 4. The van der Waals surface area contributed by atoms with Crippen LogP contribution in [0.3, 0.4) is 0 Å². The van der Waals surface area contributed by atoms with Crippen molar-refractivity contribution in [1.29, 1.82) is 0 Å². The second kappa shape index (κ2) is 7.00. The largest absolute Gasteiger partial charge is 0.496 e. The lowest BCUT2D eigenvalue weighted by atomic mass is 10.0. The van der Waals surface area contributed by atoms with Crippen LogP contribution in [0.1, 0.15) is 29.2 Å². The molecule has 0 aromatic carbocycles. The molecule has 0 radical (unpaired) electrons. The van der Waals surface area contributed by atoms with E-state index in [1.807, 2.05) is 36.1 Å². The summed E-state index contributed by atoms with van der Waals surface area (Å²) in [4.78, 5) is 30.5. The highest BCUT2D eigenvalue weighted by Gasteiger charge is 2.27. The Bertz CT molecular complexity index is 803. The molecule has 25 heavy (non-hydrogen) atoms. The SMILES string of the molecule is COc1cc(=O)[nH]cc1C(=O)N1CCC(n2cc(N(C)C)cn2)CC1. The average molecular weight is 345 g/mol. The molecule has 1 amide bonds. The molecule has 1 fully saturated rings. The summed E-state index contributed by atoms with van der Waals surface area (Å²) >= 11 is 0. The molecule has 1 aliphatic heterocycles. The van der Waals surface area contributed by atoms with Crippen LogP contribution in [0.25, 0.3) is 0 Å². The van der Waals surface area contributed by atoms with Crippen molar-refractivity contribution in [2.24, 2.45) is 0 Å². The van der Waals surface area contributed by atoms with Crippen LogP contribution in [-0.2, 0) is 0 Å². The molecule has 3 rings (SSSR count). The molecule has 0 saturated carbocycles. The number of piperidine rings is 1. The molecule has 0 unspecified atom stereocenters. The fourth-order valence-corrected chi connectivity index (χ4v) is 3.05. The molecule has 1 saturated heterocycles. The number of rotatable bonds is 4. The Balaban J connectivity index is 1.67. The predicted octanol–water partition coefficient (Wildman–Crippen LogP) is 1.12. The Morgan fingerprint density at radius 1 is 1.36 bits per heavy atom. The fraction of sp³-hybridized carbons (Fsp3) is 0.471. The van der Waals surface area contributed by atoms with Gasteiger partial charge in [-0.3, -0.25) is 14.3 Å². The van der Waals surface area contributed by atoms with E-state index >= 15 is 0 Å².